The fourth-order valence-corrected chi connectivity index (χ4v) is 2.87. The molecule has 0 N–H and O–H groups in total. The molecule has 0 saturated heterocycles. The van der Waals surface area contributed by atoms with Crippen molar-refractivity contribution in [2.24, 2.45) is 5.41 Å². The van der Waals surface area contributed by atoms with E-state index in [4.69, 9.17) is 0 Å². The molecule has 0 fully saturated rings. The molecule has 0 nitrogen and oxygen atoms in total. The zero-order valence-electron chi connectivity index (χ0n) is 10.6. The molecule has 0 amide bonds. The quantitative estimate of drug-likeness (QED) is 0.548. The Balaban J connectivity index is 1.78. The van der Waals surface area contributed by atoms with Gasteiger partial charge in [-0.3, -0.25) is 0 Å². The summed E-state index contributed by atoms with van der Waals surface area (Å²) in [5, 5.41) is 0. The molecule has 0 radical (unpaired) electrons. The Morgan fingerprint density at radius 3 is 2.62 bits per heavy atom. The zero-order chi connectivity index (χ0) is 11.8. The second kappa shape index (κ2) is 4.08. The molecule has 0 aromatic rings. The van der Waals surface area contributed by atoms with Gasteiger partial charge in [0.25, 0.3) is 0 Å². The van der Waals surface area contributed by atoms with Crippen molar-refractivity contribution in [3.63, 3.8) is 0 Å². The largest absolute Gasteiger partial charge is 0.0999 e. The fraction of sp³-hybridized carbons (Fsp3) is 0.500. The van der Waals surface area contributed by atoms with E-state index in [0.29, 0.717) is 0 Å². The maximum atomic E-state index is 4.18. The van der Waals surface area contributed by atoms with Crippen LogP contribution in [0, 0.1) is 5.41 Å². The Kier molecular flexibility index (Phi) is 2.92. The lowest BCUT2D eigenvalue weighted by Crippen LogP contribution is -2.04. The predicted octanol–water partition coefficient (Wildman–Crippen LogP) is 4.96. The highest BCUT2D eigenvalue weighted by molar-refractivity contribution is 5.68. The molecule has 1 unspecified atom stereocenters. The van der Waals surface area contributed by atoms with Crippen molar-refractivity contribution in [2.75, 3.05) is 0 Å². The lowest BCUT2D eigenvalue weighted by Gasteiger charge is -2.15. The van der Waals surface area contributed by atoms with E-state index in [1.807, 2.05) is 0 Å². The molecule has 0 heterocycles. The second-order valence-corrected chi connectivity index (χ2v) is 5.24. The van der Waals surface area contributed by atoms with Gasteiger partial charge in [0.2, 0.25) is 0 Å². The van der Waals surface area contributed by atoms with Crippen LogP contribution in [0.25, 0.3) is 0 Å². The van der Waals surface area contributed by atoms with Gasteiger partial charge in [0.05, 0.1) is 0 Å². The number of hydrogen-bond donors (Lipinski definition) is 0. The fourth-order valence-electron chi connectivity index (χ4n) is 2.87. The number of allylic oxidation sites excluding steroid dienone is 6. The molecule has 0 aromatic carbocycles. The Morgan fingerprint density at radius 2 is 2.12 bits per heavy atom. The summed E-state index contributed by atoms with van der Waals surface area (Å²) < 4.78 is 0. The molecule has 2 aliphatic carbocycles. The van der Waals surface area contributed by atoms with Crippen molar-refractivity contribution < 1.29 is 0 Å². The third-order valence-electron chi connectivity index (χ3n) is 3.88. The Bertz CT molecular complexity index is 388. The highest BCUT2D eigenvalue weighted by Gasteiger charge is 2.49. The topological polar surface area (TPSA) is 0 Å². The van der Waals surface area contributed by atoms with E-state index < -0.39 is 0 Å². The number of hydrogen-bond acceptors (Lipinski definition) is 0. The van der Waals surface area contributed by atoms with Gasteiger partial charge < -0.3 is 0 Å². The molecule has 2 rings (SSSR count). The Hall–Kier alpha value is -1.04. The summed E-state index contributed by atoms with van der Waals surface area (Å²) in [5.74, 6) is 0. The van der Waals surface area contributed by atoms with Gasteiger partial charge in [-0.1, -0.05) is 44.2 Å². The van der Waals surface area contributed by atoms with Crippen LogP contribution in [0.1, 0.15) is 46.0 Å². The van der Waals surface area contributed by atoms with Gasteiger partial charge in [0, 0.05) is 5.41 Å². The summed E-state index contributed by atoms with van der Waals surface area (Å²) in [7, 11) is 0. The van der Waals surface area contributed by atoms with E-state index >= 15 is 0 Å². The van der Waals surface area contributed by atoms with Crippen LogP contribution in [0.15, 0.2) is 47.6 Å². The number of fused-ring (bicyclic) bond motifs is 1. The minimum atomic E-state index is 0.288. The van der Waals surface area contributed by atoms with Crippen molar-refractivity contribution in [1.82, 2.24) is 0 Å². The van der Waals surface area contributed by atoms with E-state index in [-0.39, 0.29) is 5.41 Å². The molecule has 0 bridgehead atoms. The van der Waals surface area contributed by atoms with Gasteiger partial charge in [0.15, 0.2) is 0 Å². The summed E-state index contributed by atoms with van der Waals surface area (Å²) in [4.78, 5) is 0. The summed E-state index contributed by atoms with van der Waals surface area (Å²) in [6, 6.07) is 0. The van der Waals surface area contributed by atoms with Crippen LogP contribution in [-0.4, -0.2) is 0 Å². The van der Waals surface area contributed by atoms with Crippen LogP contribution in [0.5, 0.6) is 0 Å². The summed E-state index contributed by atoms with van der Waals surface area (Å²) in [6.45, 7) is 12.7. The van der Waals surface area contributed by atoms with E-state index in [1.165, 1.54) is 48.8 Å². The van der Waals surface area contributed by atoms with Gasteiger partial charge in [0.1, 0.15) is 0 Å². The standard InChI is InChI=1S/C16H22/c1-5-7-12(2)8-6-9-16-11-15(16)13(3)10-14(16)4/h10-11H,2,4-9H2,1,3H3. The van der Waals surface area contributed by atoms with Crippen LogP contribution in [0.3, 0.4) is 0 Å². The van der Waals surface area contributed by atoms with Crippen molar-refractivity contribution >= 4 is 0 Å². The molecule has 16 heavy (non-hydrogen) atoms. The van der Waals surface area contributed by atoms with E-state index in [0.717, 1.165) is 0 Å². The first-order valence-corrected chi connectivity index (χ1v) is 6.38. The van der Waals surface area contributed by atoms with Crippen molar-refractivity contribution in [3.05, 3.63) is 47.6 Å². The van der Waals surface area contributed by atoms with Crippen molar-refractivity contribution in [2.45, 2.75) is 46.0 Å². The van der Waals surface area contributed by atoms with Gasteiger partial charge in [-0.25, -0.2) is 0 Å². The monoisotopic (exact) mass is 214 g/mol. The molecule has 86 valence electrons. The van der Waals surface area contributed by atoms with E-state index in [9.17, 15) is 0 Å². The molecule has 0 aromatic heterocycles. The molecule has 1 atom stereocenters. The first kappa shape index (κ1) is 11.4. The summed E-state index contributed by atoms with van der Waals surface area (Å²) >= 11 is 0. The smallest absolute Gasteiger partial charge is 0.0382 e. The van der Waals surface area contributed by atoms with Crippen LogP contribution < -0.4 is 0 Å². The second-order valence-electron chi connectivity index (χ2n) is 5.24. The normalized spacial score (nSPS) is 26.2. The average Bonchev–Trinajstić information content (AvgIpc) is 2.89. The minimum Gasteiger partial charge on any atom is -0.0999 e. The lowest BCUT2D eigenvalue weighted by atomic mass is 9.88. The lowest BCUT2D eigenvalue weighted by molar-refractivity contribution is 0.569. The zero-order valence-corrected chi connectivity index (χ0v) is 10.6. The minimum absolute atomic E-state index is 0.288. The highest BCUT2D eigenvalue weighted by atomic mass is 14.5. The van der Waals surface area contributed by atoms with E-state index in [2.05, 4.69) is 39.2 Å². The first-order chi connectivity index (χ1) is 7.60. The summed E-state index contributed by atoms with van der Waals surface area (Å²) in [5.41, 5.74) is 5.97. The predicted molar refractivity (Wildman–Crippen MR) is 71.3 cm³/mol. The van der Waals surface area contributed by atoms with Crippen LogP contribution in [0.4, 0.5) is 0 Å². The summed E-state index contributed by atoms with van der Waals surface area (Å²) in [6.07, 6.45) is 10.7. The first-order valence-electron chi connectivity index (χ1n) is 6.38. The molecule has 0 heteroatoms. The Morgan fingerprint density at radius 1 is 1.38 bits per heavy atom. The highest BCUT2D eigenvalue weighted by Crippen LogP contribution is 2.61. The third-order valence-corrected chi connectivity index (χ3v) is 3.88. The van der Waals surface area contributed by atoms with Gasteiger partial charge >= 0.3 is 0 Å². The molecule has 0 spiro atoms. The van der Waals surface area contributed by atoms with Gasteiger partial charge in [-0.2, -0.15) is 0 Å². The maximum absolute atomic E-state index is 4.18. The van der Waals surface area contributed by atoms with E-state index in [1.54, 1.807) is 5.57 Å². The molecular weight excluding hydrogens is 192 g/mol. The van der Waals surface area contributed by atoms with Crippen LogP contribution in [-0.2, 0) is 0 Å². The van der Waals surface area contributed by atoms with Gasteiger partial charge in [-0.15, -0.1) is 0 Å². The van der Waals surface area contributed by atoms with Gasteiger partial charge in [-0.05, 0) is 49.3 Å². The molecular formula is C16H22. The average molecular weight is 214 g/mol. The number of rotatable bonds is 6. The maximum Gasteiger partial charge on any atom is 0.0382 e. The van der Waals surface area contributed by atoms with Crippen LogP contribution >= 0.6 is 0 Å². The van der Waals surface area contributed by atoms with Crippen molar-refractivity contribution in [3.8, 4) is 0 Å². The Labute approximate surface area is 99.4 Å². The van der Waals surface area contributed by atoms with Crippen LogP contribution in [0.2, 0.25) is 0 Å². The SMILES string of the molecule is C=C(CCC)CCCC12C=C1C(C)=CC2=C. The molecule has 0 aliphatic heterocycles. The molecule has 0 saturated carbocycles. The third kappa shape index (κ3) is 1.81. The molecule has 2 aliphatic rings. The van der Waals surface area contributed by atoms with Crippen molar-refractivity contribution in [1.29, 1.82) is 0 Å².